The molecule has 0 unspecified atom stereocenters. The predicted molar refractivity (Wildman–Crippen MR) is 89.8 cm³/mol. The number of para-hydroxylation sites is 1. The zero-order valence-corrected chi connectivity index (χ0v) is 13.7. The van der Waals surface area contributed by atoms with Crippen molar-refractivity contribution in [3.05, 3.63) is 48.2 Å². The summed E-state index contributed by atoms with van der Waals surface area (Å²) in [5.41, 5.74) is 1.70. The number of amides is 1. The third-order valence-electron chi connectivity index (χ3n) is 3.75. The van der Waals surface area contributed by atoms with Gasteiger partial charge >= 0.3 is 0 Å². The molecule has 0 atom stereocenters. The van der Waals surface area contributed by atoms with Gasteiger partial charge in [0, 0.05) is 30.1 Å². The third kappa shape index (κ3) is 2.89. The van der Waals surface area contributed by atoms with Crippen LogP contribution in [0.1, 0.15) is 11.7 Å². The highest BCUT2D eigenvalue weighted by Gasteiger charge is 2.16. The highest BCUT2D eigenvalue weighted by Crippen LogP contribution is 2.29. The molecule has 0 aliphatic rings. The van der Waals surface area contributed by atoms with E-state index >= 15 is 0 Å². The van der Waals surface area contributed by atoms with Crippen LogP contribution in [0.4, 0.5) is 5.82 Å². The van der Waals surface area contributed by atoms with Crippen molar-refractivity contribution in [2.24, 2.45) is 0 Å². The number of hydrogen-bond acceptors (Lipinski definition) is 6. The highest BCUT2D eigenvalue weighted by atomic mass is 16.5. The Morgan fingerprint density at radius 2 is 2.08 bits per heavy atom. The monoisotopic (exact) mass is 337 g/mol. The average molecular weight is 337 g/mol. The van der Waals surface area contributed by atoms with Crippen LogP contribution in [0.5, 0.6) is 0 Å². The molecule has 25 heavy (non-hydrogen) atoms. The molecular formula is C17H15N5O3. The highest BCUT2D eigenvalue weighted by molar-refractivity contribution is 5.96. The largest absolute Gasteiger partial charge is 0.421 e. The molecule has 126 valence electrons. The minimum Gasteiger partial charge on any atom is -0.421 e. The fourth-order valence-corrected chi connectivity index (χ4v) is 2.72. The number of aryl methyl sites for hydroxylation is 2. The van der Waals surface area contributed by atoms with Gasteiger partial charge < -0.3 is 18.8 Å². The Morgan fingerprint density at radius 3 is 2.80 bits per heavy atom. The summed E-state index contributed by atoms with van der Waals surface area (Å²) in [5, 5.41) is 15.4. The third-order valence-corrected chi connectivity index (χ3v) is 3.75. The van der Waals surface area contributed by atoms with E-state index in [0.29, 0.717) is 23.4 Å². The first-order valence-corrected chi connectivity index (χ1v) is 7.71. The lowest BCUT2D eigenvalue weighted by Crippen LogP contribution is -2.18. The summed E-state index contributed by atoms with van der Waals surface area (Å²) in [6.45, 7) is 3.63. The maximum absolute atomic E-state index is 12.3. The first-order valence-electron chi connectivity index (χ1n) is 7.71. The van der Waals surface area contributed by atoms with E-state index in [-0.39, 0.29) is 12.5 Å². The topological polar surface area (TPSA) is 99.0 Å². The molecule has 8 nitrogen and oxygen atoms in total. The van der Waals surface area contributed by atoms with Crippen molar-refractivity contribution >= 4 is 22.6 Å². The molecule has 0 fully saturated rings. The molecule has 4 aromatic rings. The fourth-order valence-electron chi connectivity index (χ4n) is 2.72. The van der Waals surface area contributed by atoms with Crippen molar-refractivity contribution < 1.29 is 13.7 Å². The van der Waals surface area contributed by atoms with Gasteiger partial charge in [-0.05, 0) is 13.0 Å². The first kappa shape index (κ1) is 15.1. The van der Waals surface area contributed by atoms with Crippen molar-refractivity contribution in [2.45, 2.75) is 20.4 Å². The number of carbonyl (C=O) groups is 1. The smallest absolute Gasteiger partial charge is 0.249 e. The number of nitrogens with zero attached hydrogens (tertiary/aromatic N) is 4. The van der Waals surface area contributed by atoms with E-state index in [1.165, 1.54) is 0 Å². The Balaban J connectivity index is 1.66. The second-order valence-corrected chi connectivity index (χ2v) is 5.69. The van der Waals surface area contributed by atoms with E-state index in [1.807, 2.05) is 35.0 Å². The Hall–Kier alpha value is -3.42. The van der Waals surface area contributed by atoms with Crippen LogP contribution in [0.2, 0.25) is 0 Å². The number of nitrogens with one attached hydrogen (secondary N) is 1. The van der Waals surface area contributed by atoms with E-state index in [0.717, 1.165) is 16.5 Å². The first-order chi connectivity index (χ1) is 12.1. The van der Waals surface area contributed by atoms with Crippen LogP contribution in [0, 0.1) is 13.8 Å². The summed E-state index contributed by atoms with van der Waals surface area (Å²) in [6.07, 6.45) is 1.84. The average Bonchev–Trinajstić information content (AvgIpc) is 3.28. The molecule has 8 heteroatoms. The van der Waals surface area contributed by atoms with Crippen LogP contribution in [0.3, 0.4) is 0 Å². The molecule has 0 bridgehead atoms. The van der Waals surface area contributed by atoms with Gasteiger partial charge in [0.25, 0.3) is 0 Å². The maximum Gasteiger partial charge on any atom is 0.249 e. The summed E-state index contributed by atoms with van der Waals surface area (Å²) in [4.78, 5) is 12.3. The van der Waals surface area contributed by atoms with Gasteiger partial charge in [0.15, 0.2) is 5.82 Å². The van der Waals surface area contributed by atoms with Crippen molar-refractivity contribution in [1.29, 1.82) is 0 Å². The number of hydrogen-bond donors (Lipinski definition) is 1. The molecule has 0 saturated heterocycles. The molecule has 0 aliphatic heterocycles. The van der Waals surface area contributed by atoms with Crippen LogP contribution in [-0.4, -0.2) is 25.8 Å². The van der Waals surface area contributed by atoms with E-state index in [2.05, 4.69) is 20.7 Å². The van der Waals surface area contributed by atoms with E-state index < -0.39 is 0 Å². The second-order valence-electron chi connectivity index (χ2n) is 5.69. The number of rotatable bonds is 4. The summed E-state index contributed by atoms with van der Waals surface area (Å²) < 4.78 is 12.3. The van der Waals surface area contributed by atoms with Gasteiger partial charge in [0.2, 0.25) is 17.7 Å². The maximum atomic E-state index is 12.3. The zero-order valence-electron chi connectivity index (χ0n) is 13.7. The van der Waals surface area contributed by atoms with Gasteiger partial charge in [0.1, 0.15) is 12.3 Å². The van der Waals surface area contributed by atoms with Crippen molar-refractivity contribution in [2.75, 3.05) is 5.32 Å². The number of carbonyl (C=O) groups excluding carboxylic acids is 1. The van der Waals surface area contributed by atoms with Crippen LogP contribution in [-0.2, 0) is 11.3 Å². The minimum atomic E-state index is -0.206. The molecule has 3 heterocycles. The SMILES string of the molecule is Cc1cc(NC(=O)Cn2cc(-c3nnc(C)o3)c3ccccc32)no1. The molecule has 0 saturated carbocycles. The standard InChI is InChI=1S/C17H15N5O3/c1-10-7-15(21-25-10)18-16(23)9-22-8-13(17-20-19-11(2)24-17)12-5-3-4-6-14(12)22/h3-8H,9H2,1-2H3,(H,18,21,23). The lowest BCUT2D eigenvalue weighted by Gasteiger charge is -2.04. The van der Waals surface area contributed by atoms with Crippen molar-refractivity contribution in [3.63, 3.8) is 0 Å². The number of anilines is 1. The molecule has 1 aromatic carbocycles. The van der Waals surface area contributed by atoms with Gasteiger partial charge in [-0.1, -0.05) is 23.4 Å². The lowest BCUT2D eigenvalue weighted by molar-refractivity contribution is -0.116. The van der Waals surface area contributed by atoms with E-state index in [9.17, 15) is 4.79 Å². The van der Waals surface area contributed by atoms with Crippen LogP contribution in [0.15, 0.2) is 45.5 Å². The Labute approximate surface area is 142 Å². The lowest BCUT2D eigenvalue weighted by atomic mass is 10.2. The second kappa shape index (κ2) is 5.90. The summed E-state index contributed by atoms with van der Waals surface area (Å²) in [5.74, 6) is 1.75. The van der Waals surface area contributed by atoms with Crippen LogP contribution < -0.4 is 5.32 Å². The summed E-state index contributed by atoms with van der Waals surface area (Å²) in [6, 6.07) is 9.41. The van der Waals surface area contributed by atoms with Gasteiger partial charge in [-0.15, -0.1) is 10.2 Å². The van der Waals surface area contributed by atoms with Gasteiger partial charge in [-0.2, -0.15) is 0 Å². The Kier molecular flexibility index (Phi) is 3.57. The fraction of sp³-hybridized carbons (Fsp3) is 0.176. The summed E-state index contributed by atoms with van der Waals surface area (Å²) in [7, 11) is 0. The quantitative estimate of drug-likeness (QED) is 0.615. The number of benzene rings is 1. The van der Waals surface area contributed by atoms with Crippen LogP contribution in [0.25, 0.3) is 22.4 Å². The van der Waals surface area contributed by atoms with Gasteiger partial charge in [-0.25, -0.2) is 0 Å². The molecule has 0 aliphatic carbocycles. The number of fused-ring (bicyclic) bond motifs is 1. The molecule has 3 aromatic heterocycles. The molecule has 1 amide bonds. The molecule has 1 N–H and O–H groups in total. The summed E-state index contributed by atoms with van der Waals surface area (Å²) >= 11 is 0. The molecule has 0 radical (unpaired) electrons. The van der Waals surface area contributed by atoms with Gasteiger partial charge in [-0.3, -0.25) is 4.79 Å². The number of aromatic nitrogens is 4. The molecular weight excluding hydrogens is 322 g/mol. The van der Waals surface area contributed by atoms with Gasteiger partial charge in [0.05, 0.1) is 5.56 Å². The Bertz CT molecular complexity index is 1060. The molecule has 4 rings (SSSR count). The van der Waals surface area contributed by atoms with Crippen molar-refractivity contribution in [3.8, 4) is 11.5 Å². The predicted octanol–water partition coefficient (Wildman–Crippen LogP) is 2.93. The van der Waals surface area contributed by atoms with Crippen molar-refractivity contribution in [1.82, 2.24) is 19.9 Å². The van der Waals surface area contributed by atoms with Crippen LogP contribution >= 0.6 is 0 Å². The zero-order chi connectivity index (χ0) is 17.4. The van der Waals surface area contributed by atoms with E-state index in [1.54, 1.807) is 19.9 Å². The molecule has 0 spiro atoms. The Morgan fingerprint density at radius 1 is 1.24 bits per heavy atom. The minimum absolute atomic E-state index is 0.125. The van der Waals surface area contributed by atoms with E-state index in [4.69, 9.17) is 8.94 Å². The normalized spacial score (nSPS) is 11.1.